The maximum absolute atomic E-state index is 10.4. The highest BCUT2D eigenvalue weighted by Gasteiger charge is 1.99. The van der Waals surface area contributed by atoms with Gasteiger partial charge >= 0.3 is 0 Å². The Labute approximate surface area is 57.4 Å². The maximum Gasteiger partial charge on any atom is 0.217 e. The molecule has 9 heavy (non-hydrogen) atoms. The van der Waals surface area contributed by atoms with E-state index >= 15 is 0 Å². The van der Waals surface area contributed by atoms with Gasteiger partial charge in [-0.25, -0.2) is 0 Å². The van der Waals surface area contributed by atoms with Crippen molar-refractivity contribution in [1.29, 1.82) is 0 Å². The van der Waals surface area contributed by atoms with Crippen molar-refractivity contribution in [2.45, 2.75) is 19.9 Å². The Morgan fingerprint density at radius 1 is 1.89 bits per heavy atom. The van der Waals surface area contributed by atoms with Gasteiger partial charge in [-0.05, 0) is 6.92 Å². The van der Waals surface area contributed by atoms with Crippen molar-refractivity contribution < 1.29 is 9.32 Å². The molecule has 0 aliphatic carbocycles. The summed E-state index contributed by atoms with van der Waals surface area (Å²) in [5.74, 6) is -0.0236. The molecule has 54 valence electrons. The molecule has 1 N–H and O–H groups in total. The largest absolute Gasteiger partial charge is 0.364 e. The lowest BCUT2D eigenvalue weighted by Gasteiger charge is -2.09. The second kappa shape index (κ2) is 4.71. The fraction of sp³-hybridized carbons (Fsp3) is 0.800. The van der Waals surface area contributed by atoms with Gasteiger partial charge in [-0.1, -0.05) is 0 Å². The molecule has 1 amide bonds. The number of hydrogen-bond donors (Lipinski definition) is 1. The Morgan fingerprint density at radius 3 is 2.78 bits per heavy atom. The molecule has 0 aliphatic rings. The molecular weight excluding hydrogens is 137 g/mol. The fourth-order valence-electron chi connectivity index (χ4n) is 0.533. The molecule has 0 aromatic carbocycles. The van der Waals surface area contributed by atoms with Crippen LogP contribution in [0.3, 0.4) is 0 Å². The van der Waals surface area contributed by atoms with Crippen molar-refractivity contribution in [1.82, 2.24) is 5.32 Å². The molecule has 0 rings (SSSR count). The third-order valence-electron chi connectivity index (χ3n) is 0.796. The van der Waals surface area contributed by atoms with Crippen LogP contribution in [0.4, 0.5) is 0 Å². The zero-order valence-electron chi connectivity index (χ0n) is 5.68. The molecule has 0 saturated heterocycles. The van der Waals surface area contributed by atoms with Crippen LogP contribution in [0.25, 0.3) is 0 Å². The van der Waals surface area contributed by atoms with E-state index in [0.717, 1.165) is 0 Å². The fourth-order valence-corrected chi connectivity index (χ4v) is 0.822. The van der Waals surface area contributed by atoms with Crippen LogP contribution in [-0.4, -0.2) is 18.6 Å². The van der Waals surface area contributed by atoms with Crippen molar-refractivity contribution in [2.24, 2.45) is 0 Å². The normalized spacial score (nSPS) is 12.8. The highest BCUT2D eigenvalue weighted by molar-refractivity contribution is 7.09. The predicted octanol–water partition coefficient (Wildman–Crippen LogP) is 0.318. The highest BCUT2D eigenvalue weighted by atomic mass is 31.0. The second-order valence-corrected chi connectivity index (χ2v) is 2.27. The van der Waals surface area contributed by atoms with Gasteiger partial charge in [0.05, 0.1) is 6.61 Å². The standard InChI is InChI=1S/C5H12NO2P/c1-4(3-8-9)6-5(2)7/h4H,3,9H2,1-2H3,(H,6,7)/t4-/m1/s1. The SMILES string of the molecule is CC(=O)N[C@H](C)COP. The lowest BCUT2D eigenvalue weighted by Crippen LogP contribution is -2.33. The van der Waals surface area contributed by atoms with Crippen molar-refractivity contribution >= 4 is 15.4 Å². The summed E-state index contributed by atoms with van der Waals surface area (Å²) in [5, 5.41) is 2.67. The van der Waals surface area contributed by atoms with Gasteiger partial charge in [0, 0.05) is 22.4 Å². The molecule has 0 aliphatic heterocycles. The van der Waals surface area contributed by atoms with Crippen LogP contribution in [0, 0.1) is 0 Å². The van der Waals surface area contributed by atoms with E-state index in [1.54, 1.807) is 0 Å². The number of nitrogens with one attached hydrogen (secondary N) is 1. The van der Waals surface area contributed by atoms with Crippen LogP contribution in [0.2, 0.25) is 0 Å². The van der Waals surface area contributed by atoms with E-state index < -0.39 is 0 Å². The summed E-state index contributed by atoms with van der Waals surface area (Å²) in [6.45, 7) is 3.90. The first-order valence-electron chi connectivity index (χ1n) is 2.75. The van der Waals surface area contributed by atoms with E-state index in [1.165, 1.54) is 6.92 Å². The van der Waals surface area contributed by atoms with Gasteiger partial charge in [0.1, 0.15) is 0 Å². The van der Waals surface area contributed by atoms with Gasteiger partial charge in [-0.3, -0.25) is 4.79 Å². The van der Waals surface area contributed by atoms with E-state index in [4.69, 9.17) is 4.52 Å². The minimum atomic E-state index is -0.0236. The molecule has 0 fully saturated rings. The summed E-state index contributed by atoms with van der Waals surface area (Å²) in [5.41, 5.74) is 0. The molecule has 0 radical (unpaired) electrons. The third-order valence-corrected chi connectivity index (χ3v) is 0.988. The summed E-state index contributed by atoms with van der Waals surface area (Å²) in [6.07, 6.45) is 0. The van der Waals surface area contributed by atoms with E-state index in [9.17, 15) is 4.79 Å². The smallest absolute Gasteiger partial charge is 0.217 e. The van der Waals surface area contributed by atoms with Gasteiger partial charge in [-0.2, -0.15) is 0 Å². The van der Waals surface area contributed by atoms with Crippen molar-refractivity contribution in [2.75, 3.05) is 6.61 Å². The van der Waals surface area contributed by atoms with Gasteiger partial charge in [0.15, 0.2) is 0 Å². The molecule has 4 heteroatoms. The summed E-state index contributed by atoms with van der Waals surface area (Å²) >= 11 is 0. The van der Waals surface area contributed by atoms with E-state index in [2.05, 4.69) is 14.8 Å². The molecule has 0 spiro atoms. The van der Waals surface area contributed by atoms with Crippen molar-refractivity contribution in [3.8, 4) is 0 Å². The molecule has 3 nitrogen and oxygen atoms in total. The minimum absolute atomic E-state index is 0.0236. The number of amides is 1. The van der Waals surface area contributed by atoms with Gasteiger partial charge < -0.3 is 9.84 Å². The zero-order valence-corrected chi connectivity index (χ0v) is 6.83. The number of carbonyl (C=O) groups excluding carboxylic acids is 1. The molecule has 0 aromatic rings. The Kier molecular flexibility index (Phi) is 4.64. The second-order valence-electron chi connectivity index (χ2n) is 1.93. The quantitative estimate of drug-likeness (QED) is 0.587. The third kappa shape index (κ3) is 5.74. The first-order valence-corrected chi connectivity index (χ1v) is 3.22. The predicted molar refractivity (Wildman–Crippen MR) is 38.9 cm³/mol. The number of hydrogen-bond acceptors (Lipinski definition) is 2. The van der Waals surface area contributed by atoms with Gasteiger partial charge in [0.25, 0.3) is 0 Å². The molecule has 1 unspecified atom stereocenters. The van der Waals surface area contributed by atoms with Crippen LogP contribution in [-0.2, 0) is 9.32 Å². The van der Waals surface area contributed by atoms with E-state index in [-0.39, 0.29) is 11.9 Å². The summed E-state index contributed by atoms with van der Waals surface area (Å²) < 4.78 is 4.71. The van der Waals surface area contributed by atoms with Crippen LogP contribution < -0.4 is 5.32 Å². The Balaban J connectivity index is 3.26. The Bertz CT molecular complexity index is 97.0. The van der Waals surface area contributed by atoms with E-state index in [0.29, 0.717) is 6.61 Å². The topological polar surface area (TPSA) is 38.3 Å². The highest BCUT2D eigenvalue weighted by Crippen LogP contribution is 1.88. The molecular formula is C5H12NO2P. The lowest BCUT2D eigenvalue weighted by atomic mass is 10.4. The number of carbonyl (C=O) groups is 1. The zero-order chi connectivity index (χ0) is 7.28. The van der Waals surface area contributed by atoms with Gasteiger partial charge in [-0.15, -0.1) is 0 Å². The average Bonchev–Trinajstić information content (AvgIpc) is 1.63. The van der Waals surface area contributed by atoms with Crippen molar-refractivity contribution in [3.63, 3.8) is 0 Å². The molecule has 0 bridgehead atoms. The monoisotopic (exact) mass is 149 g/mol. The van der Waals surface area contributed by atoms with Gasteiger partial charge in [0.2, 0.25) is 5.91 Å². The summed E-state index contributed by atoms with van der Waals surface area (Å²) in [7, 11) is 2.13. The maximum atomic E-state index is 10.4. The number of rotatable bonds is 3. The summed E-state index contributed by atoms with van der Waals surface area (Å²) in [6, 6.07) is 0.0972. The van der Waals surface area contributed by atoms with Crippen LogP contribution >= 0.6 is 9.47 Å². The van der Waals surface area contributed by atoms with Crippen LogP contribution in [0.15, 0.2) is 0 Å². The minimum Gasteiger partial charge on any atom is -0.364 e. The van der Waals surface area contributed by atoms with E-state index in [1.807, 2.05) is 6.92 Å². The van der Waals surface area contributed by atoms with Crippen LogP contribution in [0.1, 0.15) is 13.8 Å². The Morgan fingerprint density at radius 2 is 2.44 bits per heavy atom. The van der Waals surface area contributed by atoms with Crippen molar-refractivity contribution in [3.05, 3.63) is 0 Å². The average molecular weight is 149 g/mol. The molecule has 0 aromatic heterocycles. The Hall–Kier alpha value is -0.140. The molecule has 2 atom stereocenters. The first-order chi connectivity index (χ1) is 4.16. The van der Waals surface area contributed by atoms with Crippen LogP contribution in [0.5, 0.6) is 0 Å². The molecule has 0 saturated carbocycles. The summed E-state index contributed by atoms with van der Waals surface area (Å²) in [4.78, 5) is 10.4. The lowest BCUT2D eigenvalue weighted by molar-refractivity contribution is -0.119. The first kappa shape index (κ1) is 8.86. The molecule has 0 heterocycles.